The number of hydrogen-bond acceptors (Lipinski definition) is 3. The molecule has 1 aromatic rings. The minimum atomic E-state index is 0.427. The van der Waals surface area contributed by atoms with Gasteiger partial charge in [0.25, 0.3) is 0 Å². The second-order valence-corrected chi connectivity index (χ2v) is 4.67. The summed E-state index contributed by atoms with van der Waals surface area (Å²) in [6.07, 6.45) is 4.07. The van der Waals surface area contributed by atoms with Crippen LogP contribution in [-0.4, -0.2) is 16.2 Å². The van der Waals surface area contributed by atoms with Crippen molar-refractivity contribution in [2.45, 2.75) is 39.7 Å². The van der Waals surface area contributed by atoms with Crippen molar-refractivity contribution < 1.29 is 0 Å². The molecule has 0 amide bonds. The van der Waals surface area contributed by atoms with Crippen LogP contribution >= 0.6 is 11.6 Å². The highest BCUT2D eigenvalue weighted by Crippen LogP contribution is 2.14. The van der Waals surface area contributed by atoms with E-state index in [2.05, 4.69) is 36.3 Å². The van der Waals surface area contributed by atoms with Crippen molar-refractivity contribution in [2.24, 2.45) is 5.92 Å². The molecule has 1 atom stereocenters. The molecule has 0 fully saturated rings. The lowest BCUT2D eigenvalue weighted by molar-refractivity contribution is 0.527. The molecule has 0 spiro atoms. The van der Waals surface area contributed by atoms with E-state index in [0.717, 1.165) is 18.0 Å². The van der Waals surface area contributed by atoms with Crippen LogP contribution in [0.3, 0.4) is 0 Å². The SMILES string of the molecule is CC(C)CCC(C)Nc1cnnc(Cl)c1. The van der Waals surface area contributed by atoms with Crippen LogP contribution in [0.2, 0.25) is 5.15 Å². The lowest BCUT2D eigenvalue weighted by Gasteiger charge is -2.15. The van der Waals surface area contributed by atoms with Gasteiger partial charge in [-0.25, -0.2) is 0 Å². The summed E-state index contributed by atoms with van der Waals surface area (Å²) >= 11 is 5.74. The van der Waals surface area contributed by atoms with E-state index in [0.29, 0.717) is 11.2 Å². The van der Waals surface area contributed by atoms with Crippen molar-refractivity contribution in [3.05, 3.63) is 17.4 Å². The summed E-state index contributed by atoms with van der Waals surface area (Å²) in [5, 5.41) is 11.3. The van der Waals surface area contributed by atoms with Crippen molar-refractivity contribution in [1.29, 1.82) is 0 Å². The largest absolute Gasteiger partial charge is 0.381 e. The van der Waals surface area contributed by atoms with Crippen molar-refractivity contribution >= 4 is 17.3 Å². The summed E-state index contributed by atoms with van der Waals surface area (Å²) in [5.74, 6) is 0.744. The first-order valence-corrected chi connectivity index (χ1v) is 5.70. The lowest BCUT2D eigenvalue weighted by atomic mass is 10.0. The Balaban J connectivity index is 2.40. The van der Waals surface area contributed by atoms with Crippen LogP contribution in [0.25, 0.3) is 0 Å². The number of hydrogen-bond donors (Lipinski definition) is 1. The van der Waals surface area contributed by atoms with Gasteiger partial charge in [0.2, 0.25) is 0 Å². The van der Waals surface area contributed by atoms with Gasteiger partial charge in [0.1, 0.15) is 0 Å². The molecular formula is C11H18ClN3. The van der Waals surface area contributed by atoms with E-state index in [1.165, 1.54) is 6.42 Å². The smallest absolute Gasteiger partial charge is 0.153 e. The molecule has 1 heterocycles. The molecule has 0 aliphatic carbocycles. The molecule has 0 radical (unpaired) electrons. The average molecular weight is 228 g/mol. The fourth-order valence-electron chi connectivity index (χ4n) is 1.36. The van der Waals surface area contributed by atoms with E-state index in [9.17, 15) is 0 Å². The number of nitrogens with zero attached hydrogens (tertiary/aromatic N) is 2. The van der Waals surface area contributed by atoms with Crippen LogP contribution in [0.5, 0.6) is 0 Å². The molecule has 1 aromatic heterocycles. The van der Waals surface area contributed by atoms with Crippen LogP contribution in [0.15, 0.2) is 12.3 Å². The predicted molar refractivity (Wildman–Crippen MR) is 64.2 cm³/mol. The molecule has 0 saturated carbocycles. The van der Waals surface area contributed by atoms with Crippen molar-refractivity contribution in [2.75, 3.05) is 5.32 Å². The quantitative estimate of drug-likeness (QED) is 0.838. The molecular weight excluding hydrogens is 210 g/mol. The summed E-state index contributed by atoms with van der Waals surface area (Å²) in [5.41, 5.74) is 0.936. The molecule has 1 rings (SSSR count). The number of halogens is 1. The molecule has 0 aliphatic heterocycles. The maximum Gasteiger partial charge on any atom is 0.153 e. The third-order valence-corrected chi connectivity index (χ3v) is 2.40. The zero-order chi connectivity index (χ0) is 11.3. The maximum absolute atomic E-state index is 5.74. The van der Waals surface area contributed by atoms with Crippen LogP contribution in [0.4, 0.5) is 5.69 Å². The highest BCUT2D eigenvalue weighted by atomic mass is 35.5. The molecule has 1 N–H and O–H groups in total. The Morgan fingerprint density at radius 3 is 2.67 bits per heavy atom. The summed E-state index contributed by atoms with van der Waals surface area (Å²) in [6, 6.07) is 2.23. The van der Waals surface area contributed by atoms with Gasteiger partial charge in [-0.15, -0.1) is 5.10 Å². The fourth-order valence-corrected chi connectivity index (χ4v) is 1.52. The summed E-state index contributed by atoms with van der Waals surface area (Å²) < 4.78 is 0. The molecule has 0 aliphatic rings. The highest BCUT2D eigenvalue weighted by Gasteiger charge is 2.04. The maximum atomic E-state index is 5.74. The Labute approximate surface area is 96.2 Å². The third kappa shape index (κ3) is 4.98. The Morgan fingerprint density at radius 1 is 1.33 bits per heavy atom. The van der Waals surface area contributed by atoms with Crippen LogP contribution in [-0.2, 0) is 0 Å². The first-order chi connectivity index (χ1) is 7.08. The predicted octanol–water partition coefficient (Wildman–Crippen LogP) is 3.37. The second kappa shape index (κ2) is 5.91. The summed E-state index contributed by atoms with van der Waals surface area (Å²) in [7, 11) is 0. The van der Waals surface area contributed by atoms with Crippen LogP contribution < -0.4 is 5.32 Å². The van der Waals surface area contributed by atoms with Gasteiger partial charge >= 0.3 is 0 Å². The van der Waals surface area contributed by atoms with E-state index in [-0.39, 0.29) is 0 Å². The van der Waals surface area contributed by atoms with Gasteiger partial charge in [0.15, 0.2) is 5.15 Å². The highest BCUT2D eigenvalue weighted by molar-refractivity contribution is 6.29. The summed E-state index contributed by atoms with van der Waals surface area (Å²) in [4.78, 5) is 0. The number of nitrogens with one attached hydrogen (secondary N) is 1. The van der Waals surface area contributed by atoms with E-state index in [1.807, 2.05) is 0 Å². The molecule has 1 unspecified atom stereocenters. The zero-order valence-corrected chi connectivity index (χ0v) is 10.3. The second-order valence-electron chi connectivity index (χ2n) is 4.28. The molecule has 3 nitrogen and oxygen atoms in total. The Bertz CT molecular complexity index is 302. The first-order valence-electron chi connectivity index (χ1n) is 5.32. The molecule has 0 bridgehead atoms. The monoisotopic (exact) mass is 227 g/mol. The van der Waals surface area contributed by atoms with E-state index < -0.39 is 0 Å². The average Bonchev–Trinajstić information content (AvgIpc) is 2.15. The first kappa shape index (κ1) is 12.2. The van der Waals surface area contributed by atoms with Crippen molar-refractivity contribution in [3.8, 4) is 0 Å². The van der Waals surface area contributed by atoms with Gasteiger partial charge in [-0.2, -0.15) is 5.10 Å². The Kier molecular flexibility index (Phi) is 4.82. The standard InChI is InChI=1S/C11H18ClN3/c1-8(2)4-5-9(3)14-10-6-11(12)15-13-7-10/h6-9H,4-5H2,1-3H3,(H,14,15). The van der Waals surface area contributed by atoms with Crippen molar-refractivity contribution in [3.63, 3.8) is 0 Å². The normalized spacial score (nSPS) is 12.9. The van der Waals surface area contributed by atoms with E-state index in [1.54, 1.807) is 12.3 Å². The Morgan fingerprint density at radius 2 is 2.07 bits per heavy atom. The molecule has 0 saturated heterocycles. The minimum Gasteiger partial charge on any atom is -0.381 e. The molecule has 4 heteroatoms. The fraction of sp³-hybridized carbons (Fsp3) is 0.636. The molecule has 84 valence electrons. The van der Waals surface area contributed by atoms with E-state index in [4.69, 9.17) is 11.6 Å². The lowest BCUT2D eigenvalue weighted by Crippen LogP contribution is -2.16. The number of rotatable bonds is 5. The van der Waals surface area contributed by atoms with Crippen LogP contribution in [0, 0.1) is 5.92 Å². The van der Waals surface area contributed by atoms with Gasteiger partial charge in [-0.1, -0.05) is 25.4 Å². The summed E-state index contributed by atoms with van der Waals surface area (Å²) in [6.45, 7) is 6.63. The number of aromatic nitrogens is 2. The van der Waals surface area contributed by atoms with Gasteiger partial charge in [0.05, 0.1) is 11.9 Å². The van der Waals surface area contributed by atoms with Gasteiger partial charge in [-0.05, 0) is 25.7 Å². The van der Waals surface area contributed by atoms with Gasteiger partial charge < -0.3 is 5.32 Å². The minimum absolute atomic E-state index is 0.427. The molecule has 15 heavy (non-hydrogen) atoms. The van der Waals surface area contributed by atoms with Crippen molar-refractivity contribution in [1.82, 2.24) is 10.2 Å². The topological polar surface area (TPSA) is 37.8 Å². The van der Waals surface area contributed by atoms with E-state index >= 15 is 0 Å². The zero-order valence-electron chi connectivity index (χ0n) is 9.50. The Hall–Kier alpha value is -0.830. The van der Waals surface area contributed by atoms with Gasteiger partial charge in [0, 0.05) is 12.1 Å². The number of anilines is 1. The third-order valence-electron chi connectivity index (χ3n) is 2.21. The van der Waals surface area contributed by atoms with Gasteiger partial charge in [-0.3, -0.25) is 0 Å². The molecule has 0 aromatic carbocycles. The van der Waals surface area contributed by atoms with Crippen LogP contribution in [0.1, 0.15) is 33.6 Å².